The van der Waals surface area contributed by atoms with Crippen molar-refractivity contribution in [3.63, 3.8) is 0 Å². The first-order valence-electron chi connectivity index (χ1n) is 12.3. The Kier molecular flexibility index (Phi) is 8.82. The number of hydrogen-bond acceptors (Lipinski definition) is 4. The van der Waals surface area contributed by atoms with Crippen molar-refractivity contribution < 1.29 is 0 Å². The van der Waals surface area contributed by atoms with Crippen molar-refractivity contribution in [1.82, 2.24) is 0 Å². The minimum absolute atomic E-state index is 0.823. The first-order chi connectivity index (χ1) is 17.7. The Morgan fingerprint density at radius 1 is 0.389 bits per heavy atom. The van der Waals surface area contributed by atoms with Gasteiger partial charge in [0.25, 0.3) is 0 Å². The molecule has 0 saturated heterocycles. The van der Waals surface area contributed by atoms with Crippen LogP contribution in [0.5, 0.6) is 0 Å². The van der Waals surface area contributed by atoms with E-state index in [4.69, 9.17) is 0 Å². The molecule has 0 aromatic heterocycles. The van der Waals surface area contributed by atoms with Crippen molar-refractivity contribution >= 4 is 22.7 Å². The Labute approximate surface area is 214 Å². The van der Waals surface area contributed by atoms with Gasteiger partial charge in [-0.05, 0) is 75.2 Å². The van der Waals surface area contributed by atoms with Crippen LogP contribution < -0.4 is 21.3 Å². The lowest BCUT2D eigenvalue weighted by Gasteiger charge is -2.20. The van der Waals surface area contributed by atoms with Crippen LogP contribution in [0.4, 0.5) is 22.7 Å². The minimum atomic E-state index is 0.823. The van der Waals surface area contributed by atoms with Crippen LogP contribution in [0, 0.1) is 0 Å². The predicted molar refractivity (Wildman–Crippen MR) is 155 cm³/mol. The van der Waals surface area contributed by atoms with Crippen LogP contribution in [0.15, 0.2) is 144 Å². The van der Waals surface area contributed by atoms with E-state index < -0.39 is 0 Å². The summed E-state index contributed by atoms with van der Waals surface area (Å²) < 4.78 is 0. The highest BCUT2D eigenvalue weighted by atomic mass is 15.0. The van der Waals surface area contributed by atoms with Crippen molar-refractivity contribution in [2.45, 2.75) is 26.7 Å². The topological polar surface area (TPSA) is 48.1 Å². The van der Waals surface area contributed by atoms with E-state index in [0.29, 0.717) is 0 Å². The van der Waals surface area contributed by atoms with Gasteiger partial charge in [0.15, 0.2) is 0 Å². The van der Waals surface area contributed by atoms with Gasteiger partial charge in [0.05, 0.1) is 0 Å². The molecule has 182 valence electrons. The average molecular weight is 475 g/mol. The molecule has 4 heteroatoms. The molecule has 4 nitrogen and oxygen atoms in total. The molecule has 0 aliphatic rings. The standard InChI is InChI=1S/C32H34N4/c1-25(33-27-15-7-3-8-16-27)31(35-29-19-11-5-12-20-29)23-24-32(36-30-21-13-6-14-22-30)26(2)34-28-17-9-4-10-18-28/h3-22,33-36H,23-24H2,1-2H3/b31-25-,32-26-. The highest BCUT2D eigenvalue weighted by Crippen LogP contribution is 2.24. The van der Waals surface area contributed by atoms with Gasteiger partial charge in [0, 0.05) is 45.5 Å². The lowest BCUT2D eigenvalue weighted by Crippen LogP contribution is -2.12. The number of hydrogen-bond donors (Lipinski definition) is 4. The maximum absolute atomic E-state index is 3.65. The summed E-state index contributed by atoms with van der Waals surface area (Å²) in [5.74, 6) is 0. The first kappa shape index (κ1) is 24.7. The van der Waals surface area contributed by atoms with Gasteiger partial charge in [-0.2, -0.15) is 0 Å². The zero-order valence-corrected chi connectivity index (χ0v) is 21.0. The van der Waals surface area contributed by atoms with Gasteiger partial charge in [0.1, 0.15) is 0 Å². The van der Waals surface area contributed by atoms with Crippen LogP contribution in [0.3, 0.4) is 0 Å². The van der Waals surface area contributed by atoms with Crippen LogP contribution in [0.1, 0.15) is 26.7 Å². The van der Waals surface area contributed by atoms with Crippen LogP contribution in [0.2, 0.25) is 0 Å². The molecule has 0 bridgehead atoms. The van der Waals surface area contributed by atoms with Gasteiger partial charge in [-0.3, -0.25) is 0 Å². The number of anilines is 4. The van der Waals surface area contributed by atoms with Crippen molar-refractivity contribution in [2.75, 3.05) is 21.3 Å². The number of para-hydroxylation sites is 4. The second-order valence-electron chi connectivity index (χ2n) is 8.67. The van der Waals surface area contributed by atoms with Crippen LogP contribution in [-0.2, 0) is 0 Å². The minimum Gasteiger partial charge on any atom is -0.358 e. The molecule has 0 fully saturated rings. The molecule has 0 atom stereocenters. The van der Waals surface area contributed by atoms with Crippen molar-refractivity contribution in [3.8, 4) is 0 Å². The van der Waals surface area contributed by atoms with E-state index >= 15 is 0 Å². The van der Waals surface area contributed by atoms with Gasteiger partial charge < -0.3 is 21.3 Å². The summed E-state index contributed by atoms with van der Waals surface area (Å²) in [6.07, 6.45) is 1.65. The van der Waals surface area contributed by atoms with Crippen LogP contribution >= 0.6 is 0 Å². The summed E-state index contributed by atoms with van der Waals surface area (Å²) in [6, 6.07) is 41.2. The van der Waals surface area contributed by atoms with E-state index in [9.17, 15) is 0 Å². The fourth-order valence-corrected chi connectivity index (χ4v) is 3.96. The third-order valence-electron chi connectivity index (χ3n) is 5.88. The molecule has 4 rings (SSSR count). The highest BCUT2D eigenvalue weighted by molar-refractivity contribution is 5.56. The smallest absolute Gasteiger partial charge is 0.0382 e. The molecule has 0 radical (unpaired) electrons. The SMILES string of the molecule is C/C(Nc1ccccc1)=C(\CC/C(Nc1ccccc1)=C(\C)Nc1ccccc1)Nc1ccccc1. The molecular weight excluding hydrogens is 440 g/mol. The molecule has 0 spiro atoms. The fourth-order valence-electron chi connectivity index (χ4n) is 3.96. The van der Waals surface area contributed by atoms with Gasteiger partial charge in [-0.15, -0.1) is 0 Å². The molecule has 0 aliphatic carbocycles. The Bertz CT molecular complexity index is 1160. The van der Waals surface area contributed by atoms with Crippen LogP contribution in [-0.4, -0.2) is 0 Å². The van der Waals surface area contributed by atoms with Gasteiger partial charge in [-0.25, -0.2) is 0 Å². The maximum atomic E-state index is 3.65. The molecule has 0 aliphatic heterocycles. The fraction of sp³-hybridized carbons (Fsp3) is 0.125. The maximum Gasteiger partial charge on any atom is 0.0382 e. The number of nitrogens with one attached hydrogen (secondary N) is 4. The molecule has 4 aromatic carbocycles. The second kappa shape index (κ2) is 12.9. The first-order valence-corrected chi connectivity index (χ1v) is 12.3. The van der Waals surface area contributed by atoms with Gasteiger partial charge in [-0.1, -0.05) is 72.8 Å². The van der Waals surface area contributed by atoms with E-state index in [0.717, 1.165) is 58.4 Å². The highest BCUT2D eigenvalue weighted by Gasteiger charge is 2.10. The Morgan fingerprint density at radius 3 is 0.917 bits per heavy atom. The largest absolute Gasteiger partial charge is 0.358 e. The summed E-state index contributed by atoms with van der Waals surface area (Å²) in [6.45, 7) is 4.25. The molecule has 4 N–H and O–H groups in total. The van der Waals surface area contributed by atoms with Crippen LogP contribution in [0.25, 0.3) is 0 Å². The van der Waals surface area contributed by atoms with Crippen molar-refractivity contribution in [1.29, 1.82) is 0 Å². The average Bonchev–Trinajstić information content (AvgIpc) is 2.92. The number of rotatable bonds is 11. The summed E-state index contributed by atoms with van der Waals surface area (Å²) in [5, 5.41) is 14.4. The predicted octanol–water partition coefficient (Wildman–Crippen LogP) is 8.68. The Morgan fingerprint density at radius 2 is 0.639 bits per heavy atom. The Balaban J connectivity index is 1.59. The summed E-state index contributed by atoms with van der Waals surface area (Å²) in [4.78, 5) is 0. The summed E-state index contributed by atoms with van der Waals surface area (Å²) in [7, 11) is 0. The van der Waals surface area contributed by atoms with Crippen molar-refractivity contribution in [3.05, 3.63) is 144 Å². The lowest BCUT2D eigenvalue weighted by molar-refractivity contribution is 0.904. The number of benzene rings is 4. The van der Waals surface area contributed by atoms with E-state index in [-0.39, 0.29) is 0 Å². The third-order valence-corrected chi connectivity index (χ3v) is 5.88. The molecule has 0 heterocycles. The van der Waals surface area contributed by atoms with E-state index in [1.54, 1.807) is 0 Å². The molecule has 0 amide bonds. The second-order valence-corrected chi connectivity index (χ2v) is 8.67. The molecular formula is C32H34N4. The summed E-state index contributed by atoms with van der Waals surface area (Å²) >= 11 is 0. The van der Waals surface area contributed by atoms with Gasteiger partial charge in [0.2, 0.25) is 0 Å². The normalized spacial score (nSPS) is 12.2. The molecule has 4 aromatic rings. The van der Waals surface area contributed by atoms with E-state index in [2.05, 4.69) is 108 Å². The monoisotopic (exact) mass is 474 g/mol. The van der Waals surface area contributed by atoms with Crippen molar-refractivity contribution in [2.24, 2.45) is 0 Å². The lowest BCUT2D eigenvalue weighted by atomic mass is 10.1. The Hall–Kier alpha value is -4.44. The third kappa shape index (κ3) is 7.54. The quantitative estimate of drug-likeness (QED) is 0.176. The van der Waals surface area contributed by atoms with E-state index in [1.807, 2.05) is 48.5 Å². The summed E-state index contributed by atoms with van der Waals surface area (Å²) in [5.41, 5.74) is 8.76. The zero-order chi connectivity index (χ0) is 25.0. The van der Waals surface area contributed by atoms with E-state index in [1.165, 1.54) is 0 Å². The van der Waals surface area contributed by atoms with Gasteiger partial charge >= 0.3 is 0 Å². The molecule has 0 saturated carbocycles. The molecule has 0 unspecified atom stereocenters. The number of allylic oxidation sites excluding steroid dienone is 4. The zero-order valence-electron chi connectivity index (χ0n) is 21.0. The molecule has 36 heavy (non-hydrogen) atoms.